The van der Waals surface area contributed by atoms with Crippen LogP contribution in [-0.4, -0.2) is 13.7 Å². The van der Waals surface area contributed by atoms with Crippen molar-refractivity contribution < 1.29 is 9.47 Å². The summed E-state index contributed by atoms with van der Waals surface area (Å²) in [6, 6.07) is 13.7. The zero-order valence-electron chi connectivity index (χ0n) is 11.1. The van der Waals surface area contributed by atoms with Crippen molar-refractivity contribution in [3.05, 3.63) is 42.5 Å². The smallest absolute Gasteiger partial charge is 0.143 e. The van der Waals surface area contributed by atoms with Gasteiger partial charge < -0.3 is 15.2 Å². The van der Waals surface area contributed by atoms with Gasteiger partial charge in [0.25, 0.3) is 0 Å². The highest BCUT2D eigenvalue weighted by Gasteiger charge is 2.09. The van der Waals surface area contributed by atoms with Crippen LogP contribution in [0, 0.1) is 0 Å². The van der Waals surface area contributed by atoms with E-state index in [0.717, 1.165) is 21.3 Å². The molecule has 0 fully saturated rings. The number of rotatable bonds is 5. The highest BCUT2D eigenvalue weighted by Crippen LogP contribution is 2.40. The molecule has 0 radical (unpaired) electrons. The largest absolute Gasteiger partial charge is 0.496 e. The molecule has 2 rings (SSSR count). The third-order valence-corrected chi connectivity index (χ3v) is 3.75. The first-order valence-electron chi connectivity index (χ1n) is 6.08. The summed E-state index contributed by atoms with van der Waals surface area (Å²) < 4.78 is 10.8. The summed E-state index contributed by atoms with van der Waals surface area (Å²) >= 11 is 1.58. The minimum atomic E-state index is 0.604. The minimum Gasteiger partial charge on any atom is -0.496 e. The molecule has 3 nitrogen and oxygen atoms in total. The van der Waals surface area contributed by atoms with Crippen LogP contribution in [0.4, 0.5) is 5.69 Å². The summed E-state index contributed by atoms with van der Waals surface area (Å²) in [4.78, 5) is 2.00. The number of para-hydroxylation sites is 2. The van der Waals surface area contributed by atoms with E-state index in [1.54, 1.807) is 18.9 Å². The Balaban J connectivity index is 2.30. The van der Waals surface area contributed by atoms with Crippen LogP contribution in [0.3, 0.4) is 0 Å². The minimum absolute atomic E-state index is 0.604. The summed E-state index contributed by atoms with van der Waals surface area (Å²) in [7, 11) is 1.67. The van der Waals surface area contributed by atoms with Gasteiger partial charge in [0.15, 0.2) is 0 Å². The number of nitrogens with two attached hydrogens (primary N) is 1. The van der Waals surface area contributed by atoms with Gasteiger partial charge in [0.05, 0.1) is 24.3 Å². The van der Waals surface area contributed by atoms with E-state index in [0.29, 0.717) is 12.3 Å². The zero-order valence-corrected chi connectivity index (χ0v) is 11.9. The molecule has 0 saturated heterocycles. The van der Waals surface area contributed by atoms with Crippen LogP contribution in [0.25, 0.3) is 0 Å². The van der Waals surface area contributed by atoms with Gasteiger partial charge in [0.1, 0.15) is 11.5 Å². The molecule has 0 bridgehead atoms. The van der Waals surface area contributed by atoms with Gasteiger partial charge in [0.2, 0.25) is 0 Å². The van der Waals surface area contributed by atoms with Gasteiger partial charge in [0, 0.05) is 4.90 Å². The van der Waals surface area contributed by atoms with Gasteiger partial charge in [-0.2, -0.15) is 0 Å². The van der Waals surface area contributed by atoms with Crippen molar-refractivity contribution >= 4 is 17.4 Å². The maximum atomic E-state index is 6.12. The van der Waals surface area contributed by atoms with Crippen molar-refractivity contribution in [1.29, 1.82) is 0 Å². The van der Waals surface area contributed by atoms with E-state index < -0.39 is 0 Å². The van der Waals surface area contributed by atoms with Crippen LogP contribution in [0.5, 0.6) is 11.5 Å². The van der Waals surface area contributed by atoms with E-state index in [2.05, 4.69) is 0 Å². The van der Waals surface area contributed by atoms with Crippen LogP contribution >= 0.6 is 11.8 Å². The predicted molar refractivity (Wildman–Crippen MR) is 79.1 cm³/mol. The normalized spacial score (nSPS) is 10.2. The molecule has 100 valence electrons. The summed E-state index contributed by atoms with van der Waals surface area (Å²) in [5.74, 6) is 1.57. The van der Waals surface area contributed by atoms with Crippen molar-refractivity contribution in [3.63, 3.8) is 0 Å². The molecule has 0 atom stereocenters. The van der Waals surface area contributed by atoms with Gasteiger partial charge in [-0.15, -0.1) is 0 Å². The molecule has 0 saturated carbocycles. The lowest BCUT2D eigenvalue weighted by Crippen LogP contribution is -1.98. The Hall–Kier alpha value is -1.81. The molecule has 0 aliphatic heterocycles. The maximum absolute atomic E-state index is 6.12. The SMILES string of the molecule is CCOc1cccc(Sc2ccccc2OC)c1N. The molecule has 19 heavy (non-hydrogen) atoms. The fourth-order valence-electron chi connectivity index (χ4n) is 1.72. The predicted octanol–water partition coefficient (Wildman–Crippen LogP) is 3.83. The van der Waals surface area contributed by atoms with Crippen LogP contribution in [-0.2, 0) is 0 Å². The molecule has 2 aromatic rings. The number of hydrogen-bond acceptors (Lipinski definition) is 4. The van der Waals surface area contributed by atoms with E-state index in [1.165, 1.54) is 0 Å². The number of ether oxygens (including phenoxy) is 2. The molecular weight excluding hydrogens is 258 g/mol. The maximum Gasteiger partial charge on any atom is 0.143 e. The van der Waals surface area contributed by atoms with Gasteiger partial charge in [-0.25, -0.2) is 0 Å². The van der Waals surface area contributed by atoms with Crippen LogP contribution in [0.15, 0.2) is 52.3 Å². The van der Waals surface area contributed by atoms with E-state index in [9.17, 15) is 0 Å². The third kappa shape index (κ3) is 3.15. The standard InChI is InChI=1S/C15H17NO2S/c1-3-18-12-8-6-10-14(15(12)16)19-13-9-5-4-7-11(13)17-2/h4-10H,3,16H2,1-2H3. The monoisotopic (exact) mass is 275 g/mol. The van der Waals surface area contributed by atoms with Gasteiger partial charge in [-0.05, 0) is 31.2 Å². The first-order valence-corrected chi connectivity index (χ1v) is 6.90. The molecule has 2 N–H and O–H groups in total. The lowest BCUT2D eigenvalue weighted by molar-refractivity contribution is 0.341. The fraction of sp³-hybridized carbons (Fsp3) is 0.200. The molecule has 4 heteroatoms. The average molecular weight is 275 g/mol. The van der Waals surface area contributed by atoms with Crippen molar-refractivity contribution in [2.45, 2.75) is 16.7 Å². The molecule has 2 aromatic carbocycles. The molecule has 0 aliphatic rings. The molecule has 0 amide bonds. The van der Waals surface area contributed by atoms with Gasteiger partial charge in [-0.1, -0.05) is 30.0 Å². The lowest BCUT2D eigenvalue weighted by atomic mass is 10.3. The second kappa shape index (κ2) is 6.38. The Morgan fingerprint density at radius 2 is 1.68 bits per heavy atom. The zero-order chi connectivity index (χ0) is 13.7. The summed E-state index contributed by atoms with van der Waals surface area (Å²) in [5, 5.41) is 0. The van der Waals surface area contributed by atoms with E-state index in [4.69, 9.17) is 15.2 Å². The van der Waals surface area contributed by atoms with Crippen molar-refractivity contribution in [3.8, 4) is 11.5 Å². The van der Waals surface area contributed by atoms with Crippen molar-refractivity contribution in [2.75, 3.05) is 19.5 Å². The number of nitrogen functional groups attached to an aromatic ring is 1. The van der Waals surface area contributed by atoms with Gasteiger partial charge in [-0.3, -0.25) is 0 Å². The van der Waals surface area contributed by atoms with Crippen LogP contribution in [0.1, 0.15) is 6.92 Å². The highest BCUT2D eigenvalue weighted by molar-refractivity contribution is 7.99. The van der Waals surface area contributed by atoms with Crippen LogP contribution < -0.4 is 15.2 Å². The van der Waals surface area contributed by atoms with Crippen LogP contribution in [0.2, 0.25) is 0 Å². The second-order valence-corrected chi connectivity index (χ2v) is 4.94. The number of methoxy groups -OCH3 is 1. The van der Waals surface area contributed by atoms with E-state index >= 15 is 0 Å². The molecule has 0 aromatic heterocycles. The molecular formula is C15H17NO2S. The summed E-state index contributed by atoms with van der Waals surface area (Å²) in [5.41, 5.74) is 6.79. The average Bonchev–Trinajstić information content (AvgIpc) is 2.44. The summed E-state index contributed by atoms with van der Waals surface area (Å²) in [6.07, 6.45) is 0. The van der Waals surface area contributed by atoms with Crippen molar-refractivity contribution in [1.82, 2.24) is 0 Å². The lowest BCUT2D eigenvalue weighted by Gasteiger charge is -2.12. The topological polar surface area (TPSA) is 44.5 Å². The molecule has 0 heterocycles. The first kappa shape index (κ1) is 13.6. The Morgan fingerprint density at radius 3 is 2.42 bits per heavy atom. The summed E-state index contributed by atoms with van der Waals surface area (Å²) in [6.45, 7) is 2.55. The fourth-order valence-corrected chi connectivity index (χ4v) is 2.71. The third-order valence-electron chi connectivity index (χ3n) is 2.61. The first-order chi connectivity index (χ1) is 9.26. The molecule has 0 unspecified atom stereocenters. The molecule has 0 aliphatic carbocycles. The number of benzene rings is 2. The van der Waals surface area contributed by atoms with E-state index in [1.807, 2.05) is 49.4 Å². The Morgan fingerprint density at radius 1 is 1.00 bits per heavy atom. The quantitative estimate of drug-likeness (QED) is 0.842. The van der Waals surface area contributed by atoms with Crippen molar-refractivity contribution in [2.24, 2.45) is 0 Å². The number of anilines is 1. The molecule has 0 spiro atoms. The number of hydrogen-bond donors (Lipinski definition) is 1. The Labute approximate surface area is 117 Å². The van der Waals surface area contributed by atoms with E-state index in [-0.39, 0.29) is 0 Å². The highest BCUT2D eigenvalue weighted by atomic mass is 32.2. The Bertz CT molecular complexity index is 558. The van der Waals surface area contributed by atoms with Gasteiger partial charge >= 0.3 is 0 Å². The second-order valence-electron chi connectivity index (χ2n) is 3.85. The Kier molecular flexibility index (Phi) is 4.58.